The van der Waals surface area contributed by atoms with E-state index in [0.29, 0.717) is 18.2 Å². The number of carbonyl (C=O) groups excluding carboxylic acids is 1. The molecule has 0 aromatic rings. The monoisotopic (exact) mass is 185 g/mol. The van der Waals surface area contributed by atoms with E-state index >= 15 is 0 Å². The molecule has 0 amide bonds. The SMILES string of the molecule is CCOC(=O)C(C)=CNC(C)CC. The first-order valence-electron chi connectivity index (χ1n) is 4.71. The summed E-state index contributed by atoms with van der Waals surface area (Å²) in [4.78, 5) is 11.1. The number of carbonyl (C=O) groups is 1. The van der Waals surface area contributed by atoms with Crippen LogP contribution in [-0.4, -0.2) is 18.6 Å². The Morgan fingerprint density at radius 3 is 2.62 bits per heavy atom. The second kappa shape index (κ2) is 6.52. The van der Waals surface area contributed by atoms with E-state index in [4.69, 9.17) is 4.74 Å². The molecule has 0 aromatic carbocycles. The van der Waals surface area contributed by atoms with Crippen molar-refractivity contribution < 1.29 is 9.53 Å². The molecule has 3 nitrogen and oxygen atoms in total. The average molecular weight is 185 g/mol. The Morgan fingerprint density at radius 1 is 1.54 bits per heavy atom. The highest BCUT2D eigenvalue weighted by Crippen LogP contribution is 1.96. The highest BCUT2D eigenvalue weighted by Gasteiger charge is 2.03. The third kappa shape index (κ3) is 5.28. The molecule has 0 saturated heterocycles. The van der Waals surface area contributed by atoms with Gasteiger partial charge in [0.1, 0.15) is 0 Å². The van der Waals surface area contributed by atoms with Gasteiger partial charge >= 0.3 is 5.97 Å². The lowest BCUT2D eigenvalue weighted by molar-refractivity contribution is -0.138. The minimum atomic E-state index is -0.252. The Bertz CT molecular complexity index is 187. The van der Waals surface area contributed by atoms with Crippen molar-refractivity contribution in [3.8, 4) is 0 Å². The first-order chi connectivity index (χ1) is 6.11. The van der Waals surface area contributed by atoms with Crippen molar-refractivity contribution in [1.82, 2.24) is 5.32 Å². The fraction of sp³-hybridized carbons (Fsp3) is 0.700. The number of rotatable bonds is 5. The van der Waals surface area contributed by atoms with Gasteiger partial charge in [0.25, 0.3) is 0 Å². The smallest absolute Gasteiger partial charge is 0.335 e. The van der Waals surface area contributed by atoms with Gasteiger partial charge in [0, 0.05) is 17.8 Å². The predicted octanol–water partition coefficient (Wildman–Crippen LogP) is 1.84. The molecule has 0 saturated carbocycles. The lowest BCUT2D eigenvalue weighted by atomic mass is 10.2. The molecule has 76 valence electrons. The Hall–Kier alpha value is -0.990. The van der Waals surface area contributed by atoms with Crippen LogP contribution < -0.4 is 5.32 Å². The molecule has 0 spiro atoms. The van der Waals surface area contributed by atoms with Gasteiger partial charge in [0.05, 0.1) is 6.61 Å². The Kier molecular flexibility index (Phi) is 6.02. The van der Waals surface area contributed by atoms with Crippen LogP contribution in [0.25, 0.3) is 0 Å². The zero-order chi connectivity index (χ0) is 10.3. The van der Waals surface area contributed by atoms with Gasteiger partial charge in [-0.25, -0.2) is 4.79 Å². The van der Waals surface area contributed by atoms with Gasteiger partial charge in [0.2, 0.25) is 0 Å². The van der Waals surface area contributed by atoms with Gasteiger partial charge < -0.3 is 10.1 Å². The topological polar surface area (TPSA) is 38.3 Å². The maximum Gasteiger partial charge on any atom is 0.335 e. The molecular formula is C10H19NO2. The summed E-state index contributed by atoms with van der Waals surface area (Å²) in [6.45, 7) is 8.12. The van der Waals surface area contributed by atoms with Crippen LogP contribution in [0.4, 0.5) is 0 Å². The molecule has 1 unspecified atom stereocenters. The summed E-state index contributed by atoms with van der Waals surface area (Å²) in [5.74, 6) is -0.252. The summed E-state index contributed by atoms with van der Waals surface area (Å²) in [5, 5.41) is 3.11. The van der Waals surface area contributed by atoms with E-state index in [1.165, 1.54) is 0 Å². The van der Waals surface area contributed by atoms with Crippen molar-refractivity contribution in [3.63, 3.8) is 0 Å². The molecule has 0 rings (SSSR count). The molecule has 0 aliphatic rings. The fourth-order valence-electron chi connectivity index (χ4n) is 0.689. The molecule has 0 bridgehead atoms. The van der Waals surface area contributed by atoms with E-state index in [1.54, 1.807) is 20.0 Å². The summed E-state index contributed by atoms with van der Waals surface area (Å²) >= 11 is 0. The molecule has 0 radical (unpaired) electrons. The van der Waals surface area contributed by atoms with Gasteiger partial charge in [-0.15, -0.1) is 0 Å². The second-order valence-corrected chi connectivity index (χ2v) is 3.02. The maximum absolute atomic E-state index is 11.1. The Labute approximate surface area is 80.2 Å². The Morgan fingerprint density at radius 2 is 2.15 bits per heavy atom. The van der Waals surface area contributed by atoms with Crippen LogP contribution in [0, 0.1) is 0 Å². The molecule has 13 heavy (non-hydrogen) atoms. The van der Waals surface area contributed by atoms with Gasteiger partial charge in [-0.1, -0.05) is 6.92 Å². The minimum absolute atomic E-state index is 0.252. The largest absolute Gasteiger partial charge is 0.463 e. The van der Waals surface area contributed by atoms with E-state index in [2.05, 4.69) is 19.2 Å². The van der Waals surface area contributed by atoms with E-state index in [0.717, 1.165) is 6.42 Å². The van der Waals surface area contributed by atoms with Crippen LogP contribution in [-0.2, 0) is 9.53 Å². The van der Waals surface area contributed by atoms with Crippen LogP contribution in [0.1, 0.15) is 34.1 Å². The molecule has 1 N–H and O–H groups in total. The second-order valence-electron chi connectivity index (χ2n) is 3.02. The lowest BCUT2D eigenvalue weighted by Crippen LogP contribution is -2.20. The van der Waals surface area contributed by atoms with Gasteiger partial charge in [-0.2, -0.15) is 0 Å². The summed E-state index contributed by atoms with van der Waals surface area (Å²) in [6, 6.07) is 0.393. The quantitative estimate of drug-likeness (QED) is 0.524. The van der Waals surface area contributed by atoms with Crippen molar-refractivity contribution >= 4 is 5.97 Å². The van der Waals surface area contributed by atoms with Crippen LogP contribution >= 0.6 is 0 Å². The molecule has 0 fully saturated rings. The predicted molar refractivity (Wildman–Crippen MR) is 53.3 cm³/mol. The number of esters is 1. The van der Waals surface area contributed by atoms with E-state index in [1.807, 2.05) is 0 Å². The van der Waals surface area contributed by atoms with Crippen LogP contribution in [0.15, 0.2) is 11.8 Å². The molecule has 3 heteroatoms. The number of hydrogen-bond donors (Lipinski definition) is 1. The van der Waals surface area contributed by atoms with Crippen molar-refractivity contribution in [3.05, 3.63) is 11.8 Å². The van der Waals surface area contributed by atoms with Gasteiger partial charge in [0.15, 0.2) is 0 Å². The van der Waals surface area contributed by atoms with Crippen molar-refractivity contribution in [2.75, 3.05) is 6.61 Å². The average Bonchev–Trinajstić information content (AvgIpc) is 2.13. The highest BCUT2D eigenvalue weighted by atomic mass is 16.5. The zero-order valence-corrected chi connectivity index (χ0v) is 8.89. The first kappa shape index (κ1) is 12.0. The minimum Gasteiger partial charge on any atom is -0.463 e. The lowest BCUT2D eigenvalue weighted by Gasteiger charge is -2.09. The van der Waals surface area contributed by atoms with E-state index in [-0.39, 0.29) is 5.97 Å². The normalized spacial score (nSPS) is 13.7. The van der Waals surface area contributed by atoms with E-state index in [9.17, 15) is 4.79 Å². The molecule has 0 aliphatic carbocycles. The zero-order valence-electron chi connectivity index (χ0n) is 8.89. The van der Waals surface area contributed by atoms with Gasteiger partial charge in [-0.3, -0.25) is 0 Å². The molecular weight excluding hydrogens is 166 g/mol. The first-order valence-corrected chi connectivity index (χ1v) is 4.71. The van der Waals surface area contributed by atoms with Crippen molar-refractivity contribution in [2.24, 2.45) is 0 Å². The third-order valence-electron chi connectivity index (χ3n) is 1.79. The Balaban J connectivity index is 3.93. The summed E-state index contributed by atoms with van der Waals surface area (Å²) in [6.07, 6.45) is 2.75. The van der Waals surface area contributed by atoms with Crippen LogP contribution in [0.2, 0.25) is 0 Å². The highest BCUT2D eigenvalue weighted by molar-refractivity contribution is 5.87. The third-order valence-corrected chi connectivity index (χ3v) is 1.79. The molecule has 0 heterocycles. The number of nitrogens with one attached hydrogen (secondary N) is 1. The molecule has 0 aromatic heterocycles. The maximum atomic E-state index is 11.1. The molecule has 0 aliphatic heterocycles. The summed E-state index contributed by atoms with van der Waals surface area (Å²) in [7, 11) is 0. The number of ether oxygens (including phenoxy) is 1. The van der Waals surface area contributed by atoms with E-state index < -0.39 is 0 Å². The van der Waals surface area contributed by atoms with Crippen LogP contribution in [0.3, 0.4) is 0 Å². The van der Waals surface area contributed by atoms with Crippen LogP contribution in [0.5, 0.6) is 0 Å². The van der Waals surface area contributed by atoms with Crippen molar-refractivity contribution in [2.45, 2.75) is 40.2 Å². The number of hydrogen-bond acceptors (Lipinski definition) is 3. The standard InChI is InChI=1S/C10H19NO2/c1-5-9(4)11-7-8(3)10(12)13-6-2/h7,9,11H,5-6H2,1-4H3. The van der Waals surface area contributed by atoms with Crippen molar-refractivity contribution in [1.29, 1.82) is 0 Å². The summed E-state index contributed by atoms with van der Waals surface area (Å²) < 4.78 is 4.82. The molecule has 1 atom stereocenters. The van der Waals surface area contributed by atoms with Gasteiger partial charge in [-0.05, 0) is 27.2 Å². The fourth-order valence-corrected chi connectivity index (χ4v) is 0.689. The summed E-state index contributed by atoms with van der Waals surface area (Å²) in [5.41, 5.74) is 0.613.